The fourth-order valence-electron chi connectivity index (χ4n) is 5.26. The van der Waals surface area contributed by atoms with E-state index in [0.717, 1.165) is 22.3 Å². The number of rotatable bonds is 9. The van der Waals surface area contributed by atoms with Gasteiger partial charge in [-0.05, 0) is 89.5 Å². The third-order valence-corrected chi connectivity index (χ3v) is 8.29. The van der Waals surface area contributed by atoms with Gasteiger partial charge >= 0.3 is 5.97 Å². The molecule has 8 heteroatoms. The largest absolute Gasteiger partial charge is 0.479 e. The molecule has 0 amide bonds. The molecule has 6 rings (SSSR count). The highest BCUT2D eigenvalue weighted by molar-refractivity contribution is 6.36. The highest BCUT2D eigenvalue weighted by Gasteiger charge is 2.28. The lowest BCUT2D eigenvalue weighted by molar-refractivity contribution is 0.0600. The number of carbonyl (C=O) groups excluding carboxylic acids is 1. The van der Waals surface area contributed by atoms with Crippen molar-refractivity contribution in [3.05, 3.63) is 160 Å². The third-order valence-electron chi connectivity index (χ3n) is 7.74. The number of hydrogen-bond donors (Lipinski definition) is 1. The standard InChI is InChI=1S/C38H31Cl2N3O3/c1-45-37(44)29-9-7-26(8-10-29)24-43-25-35(33-16-11-30(39)23-34(33)40)42-36(43)19-22-38(46-32-14-12-31(41)13-15-32)20-17-28(18-21-38)27-5-3-2-4-6-27/h2-20,22-23,25H,21,24,41H2,1H3/b22-19+. The average Bonchev–Trinajstić information content (AvgIpc) is 3.47. The molecule has 0 fully saturated rings. The van der Waals surface area contributed by atoms with Crippen molar-refractivity contribution in [2.75, 3.05) is 12.8 Å². The first kappa shape index (κ1) is 31.0. The van der Waals surface area contributed by atoms with E-state index in [4.69, 9.17) is 43.4 Å². The van der Waals surface area contributed by atoms with Crippen LogP contribution >= 0.6 is 23.2 Å². The van der Waals surface area contributed by atoms with Crippen molar-refractivity contribution < 1.29 is 14.3 Å². The first-order chi connectivity index (χ1) is 22.3. The minimum Gasteiger partial charge on any atom is -0.479 e. The van der Waals surface area contributed by atoms with Crippen LogP contribution in [0.1, 0.15) is 33.7 Å². The lowest BCUT2D eigenvalue weighted by Gasteiger charge is -2.30. The van der Waals surface area contributed by atoms with Crippen LogP contribution in [0.25, 0.3) is 22.9 Å². The van der Waals surface area contributed by atoms with Crippen molar-refractivity contribution in [1.29, 1.82) is 0 Å². The van der Waals surface area contributed by atoms with Gasteiger partial charge in [0.1, 0.15) is 17.2 Å². The zero-order valence-corrected chi connectivity index (χ0v) is 26.6. The van der Waals surface area contributed by atoms with E-state index in [1.54, 1.807) is 24.3 Å². The van der Waals surface area contributed by atoms with Crippen molar-refractivity contribution >= 4 is 46.5 Å². The van der Waals surface area contributed by atoms with Gasteiger partial charge in [0.15, 0.2) is 0 Å². The number of allylic oxidation sites excluding steroid dienone is 2. The summed E-state index contributed by atoms with van der Waals surface area (Å²) < 4.78 is 13.5. The highest BCUT2D eigenvalue weighted by Crippen LogP contribution is 2.34. The summed E-state index contributed by atoms with van der Waals surface area (Å²) in [5.41, 5.74) is 11.0. The number of ether oxygens (including phenoxy) is 2. The predicted molar refractivity (Wildman–Crippen MR) is 186 cm³/mol. The van der Waals surface area contributed by atoms with E-state index in [0.29, 0.717) is 51.5 Å². The number of carbonyl (C=O) groups is 1. The molecule has 1 aromatic heterocycles. The fraction of sp³-hybridized carbons (Fsp3) is 0.105. The lowest BCUT2D eigenvalue weighted by Crippen LogP contribution is -2.32. The Bertz CT molecular complexity index is 1950. The lowest BCUT2D eigenvalue weighted by atomic mass is 9.88. The van der Waals surface area contributed by atoms with E-state index in [9.17, 15) is 4.79 Å². The van der Waals surface area contributed by atoms with Crippen LogP contribution < -0.4 is 10.5 Å². The fourth-order valence-corrected chi connectivity index (χ4v) is 5.77. The minimum atomic E-state index is -0.786. The maximum atomic E-state index is 12.0. The van der Waals surface area contributed by atoms with Gasteiger partial charge in [-0.25, -0.2) is 9.78 Å². The molecule has 0 aliphatic heterocycles. The van der Waals surface area contributed by atoms with Crippen LogP contribution in [0, 0.1) is 0 Å². The van der Waals surface area contributed by atoms with Gasteiger partial charge in [-0.15, -0.1) is 0 Å². The molecule has 230 valence electrons. The van der Waals surface area contributed by atoms with Crippen LogP contribution in [0.4, 0.5) is 5.69 Å². The smallest absolute Gasteiger partial charge is 0.337 e. The molecule has 0 saturated carbocycles. The van der Waals surface area contributed by atoms with Crippen molar-refractivity contribution in [3.63, 3.8) is 0 Å². The number of methoxy groups -OCH3 is 1. The van der Waals surface area contributed by atoms with Gasteiger partial charge in [0, 0.05) is 35.4 Å². The molecule has 1 aliphatic rings. The van der Waals surface area contributed by atoms with Crippen LogP contribution in [-0.4, -0.2) is 28.2 Å². The van der Waals surface area contributed by atoms with Crippen LogP contribution in [0.3, 0.4) is 0 Å². The maximum Gasteiger partial charge on any atom is 0.337 e. The number of nitrogen functional groups attached to an aromatic ring is 1. The summed E-state index contributed by atoms with van der Waals surface area (Å²) in [6.07, 6.45) is 12.9. The number of nitrogens with zero attached hydrogens (tertiary/aromatic N) is 2. The zero-order valence-electron chi connectivity index (χ0n) is 25.1. The number of benzene rings is 4. The van der Waals surface area contributed by atoms with Crippen LogP contribution in [0.2, 0.25) is 10.0 Å². The molecule has 0 spiro atoms. The van der Waals surface area contributed by atoms with Crippen LogP contribution in [-0.2, 0) is 11.3 Å². The Labute approximate surface area is 278 Å². The topological polar surface area (TPSA) is 79.4 Å². The second-order valence-electron chi connectivity index (χ2n) is 10.9. The van der Waals surface area contributed by atoms with E-state index < -0.39 is 5.60 Å². The summed E-state index contributed by atoms with van der Waals surface area (Å²) in [6.45, 7) is 0.499. The van der Waals surface area contributed by atoms with Crippen molar-refractivity contribution in [1.82, 2.24) is 9.55 Å². The molecule has 1 atom stereocenters. The van der Waals surface area contributed by atoms with E-state index in [-0.39, 0.29) is 5.97 Å². The molecule has 0 saturated heterocycles. The Morgan fingerprint density at radius 2 is 1.76 bits per heavy atom. The van der Waals surface area contributed by atoms with Gasteiger partial charge in [0.05, 0.1) is 23.4 Å². The molecule has 0 bridgehead atoms. The molecule has 2 N–H and O–H groups in total. The summed E-state index contributed by atoms with van der Waals surface area (Å²) in [5.74, 6) is 1.01. The summed E-state index contributed by atoms with van der Waals surface area (Å²) >= 11 is 12.8. The maximum absolute atomic E-state index is 12.0. The summed E-state index contributed by atoms with van der Waals surface area (Å²) in [4.78, 5) is 17.0. The number of hydrogen-bond acceptors (Lipinski definition) is 5. The van der Waals surface area contributed by atoms with Gasteiger partial charge in [-0.2, -0.15) is 0 Å². The molecule has 6 nitrogen and oxygen atoms in total. The number of aromatic nitrogens is 2. The first-order valence-corrected chi connectivity index (χ1v) is 15.4. The number of nitrogens with two attached hydrogens (primary N) is 1. The number of imidazole rings is 1. The normalized spacial score (nSPS) is 15.9. The Morgan fingerprint density at radius 3 is 2.43 bits per heavy atom. The van der Waals surface area contributed by atoms with Crippen molar-refractivity contribution in [3.8, 4) is 17.0 Å². The zero-order chi connectivity index (χ0) is 32.1. The van der Waals surface area contributed by atoms with Gasteiger partial charge in [-0.3, -0.25) is 0 Å². The molecule has 1 aliphatic carbocycles. The number of halogens is 2. The molecule has 4 aromatic carbocycles. The molecular weight excluding hydrogens is 617 g/mol. The Morgan fingerprint density at radius 1 is 1.00 bits per heavy atom. The predicted octanol–water partition coefficient (Wildman–Crippen LogP) is 9.15. The second kappa shape index (κ2) is 13.5. The Balaban J connectivity index is 1.37. The SMILES string of the molecule is COC(=O)c1ccc(Cn2cc(-c3ccc(Cl)cc3Cl)nc2/C=C/C2(Oc3ccc(N)cc3)C=CC(c3ccccc3)=CC2)cc1. The molecule has 5 aromatic rings. The first-order valence-electron chi connectivity index (χ1n) is 14.7. The van der Waals surface area contributed by atoms with Gasteiger partial charge in [0.2, 0.25) is 0 Å². The van der Waals surface area contributed by atoms with Gasteiger partial charge in [-0.1, -0.05) is 77.8 Å². The summed E-state index contributed by atoms with van der Waals surface area (Å²) in [5, 5.41) is 1.06. The Hall–Kier alpha value is -5.04. The quantitative estimate of drug-likeness (QED) is 0.127. The highest BCUT2D eigenvalue weighted by atomic mass is 35.5. The molecule has 0 radical (unpaired) electrons. The van der Waals surface area contributed by atoms with E-state index in [1.165, 1.54) is 7.11 Å². The summed E-state index contributed by atoms with van der Waals surface area (Å²) in [7, 11) is 1.37. The van der Waals surface area contributed by atoms with Gasteiger partial charge in [0.25, 0.3) is 0 Å². The number of anilines is 1. The van der Waals surface area contributed by atoms with Gasteiger partial charge < -0.3 is 19.8 Å². The van der Waals surface area contributed by atoms with Crippen molar-refractivity contribution in [2.24, 2.45) is 0 Å². The van der Waals surface area contributed by atoms with Crippen LogP contribution in [0.15, 0.2) is 128 Å². The summed E-state index contributed by atoms with van der Waals surface area (Å²) in [6, 6.07) is 30.3. The molecule has 1 unspecified atom stereocenters. The van der Waals surface area contributed by atoms with E-state index >= 15 is 0 Å². The van der Waals surface area contributed by atoms with Crippen molar-refractivity contribution in [2.45, 2.75) is 18.6 Å². The number of esters is 1. The molecule has 1 heterocycles. The third kappa shape index (κ3) is 7.09. The van der Waals surface area contributed by atoms with Crippen LogP contribution in [0.5, 0.6) is 5.75 Å². The monoisotopic (exact) mass is 647 g/mol. The minimum absolute atomic E-state index is 0.381. The molecular formula is C38H31Cl2N3O3. The average molecular weight is 649 g/mol. The van der Waals surface area contributed by atoms with E-state index in [2.05, 4.69) is 30.4 Å². The Kier molecular flexibility index (Phi) is 9.11. The van der Waals surface area contributed by atoms with E-state index in [1.807, 2.05) is 83.6 Å². The molecule has 46 heavy (non-hydrogen) atoms. The second-order valence-corrected chi connectivity index (χ2v) is 11.8.